The maximum absolute atomic E-state index is 10.5. The molecule has 0 amide bonds. The number of aliphatic hydroxyl groups excluding tert-OH is 1. The number of nitrogen functional groups attached to an aromatic ring is 1. The van der Waals surface area contributed by atoms with Gasteiger partial charge in [-0.15, -0.1) is 0 Å². The summed E-state index contributed by atoms with van der Waals surface area (Å²) < 4.78 is 0. The number of hydrogen-bond donors (Lipinski definition) is 2. The van der Waals surface area contributed by atoms with E-state index in [0.29, 0.717) is 11.8 Å². The van der Waals surface area contributed by atoms with Crippen molar-refractivity contribution in [3.05, 3.63) is 65.7 Å². The summed E-state index contributed by atoms with van der Waals surface area (Å²) in [7, 11) is 0. The van der Waals surface area contributed by atoms with E-state index >= 15 is 0 Å². The third-order valence-corrected chi connectivity index (χ3v) is 4.19. The number of benzene rings is 2. The first-order chi connectivity index (χ1) is 9.74. The van der Waals surface area contributed by atoms with Crippen LogP contribution in [0.25, 0.3) is 0 Å². The van der Waals surface area contributed by atoms with Gasteiger partial charge in [-0.3, -0.25) is 0 Å². The van der Waals surface area contributed by atoms with Crippen LogP contribution in [0.2, 0.25) is 0 Å². The Hall–Kier alpha value is -1.80. The summed E-state index contributed by atoms with van der Waals surface area (Å²) in [5.74, 6) is 1.11. The molecule has 3 N–H and O–H groups in total. The number of hydrogen-bond acceptors (Lipinski definition) is 2. The summed E-state index contributed by atoms with van der Waals surface area (Å²) >= 11 is 0. The molecule has 2 aromatic carbocycles. The van der Waals surface area contributed by atoms with Crippen molar-refractivity contribution in [2.24, 2.45) is 5.92 Å². The standard InChI is InChI=1S/C18H21NO/c19-16-8-4-7-15(11-16)17(13-9-10-13)12-18(20)14-5-2-1-3-6-14/h1-8,11,13,17-18,20H,9-10,12,19H2. The van der Waals surface area contributed by atoms with Gasteiger partial charge in [0.2, 0.25) is 0 Å². The zero-order valence-electron chi connectivity index (χ0n) is 11.6. The van der Waals surface area contributed by atoms with Crippen LogP contribution in [0.1, 0.15) is 42.4 Å². The number of nitrogens with two attached hydrogens (primary N) is 1. The molecule has 2 unspecified atom stereocenters. The second-order valence-electron chi connectivity index (χ2n) is 5.78. The Morgan fingerprint density at radius 1 is 1.00 bits per heavy atom. The van der Waals surface area contributed by atoms with Crippen molar-refractivity contribution in [2.75, 3.05) is 5.73 Å². The van der Waals surface area contributed by atoms with Crippen LogP contribution in [0.5, 0.6) is 0 Å². The summed E-state index contributed by atoms with van der Waals surface area (Å²) in [5.41, 5.74) is 8.97. The predicted molar refractivity (Wildman–Crippen MR) is 82.3 cm³/mol. The van der Waals surface area contributed by atoms with Gasteiger partial charge in [0.05, 0.1) is 6.10 Å². The van der Waals surface area contributed by atoms with E-state index < -0.39 is 6.10 Å². The minimum absolute atomic E-state index is 0.400. The van der Waals surface area contributed by atoms with Crippen LogP contribution < -0.4 is 5.73 Å². The van der Waals surface area contributed by atoms with Crippen molar-refractivity contribution in [3.8, 4) is 0 Å². The summed E-state index contributed by atoms with van der Waals surface area (Å²) in [4.78, 5) is 0. The van der Waals surface area contributed by atoms with Crippen LogP contribution in [-0.4, -0.2) is 5.11 Å². The van der Waals surface area contributed by atoms with Crippen LogP contribution in [0, 0.1) is 5.92 Å². The Bertz CT molecular complexity index is 563. The number of anilines is 1. The van der Waals surface area contributed by atoms with Crippen molar-refractivity contribution >= 4 is 5.69 Å². The van der Waals surface area contributed by atoms with Gasteiger partial charge in [-0.1, -0.05) is 42.5 Å². The van der Waals surface area contributed by atoms with Gasteiger partial charge < -0.3 is 10.8 Å². The Kier molecular flexibility index (Phi) is 3.75. The molecule has 0 spiro atoms. The lowest BCUT2D eigenvalue weighted by atomic mass is 9.87. The van der Waals surface area contributed by atoms with E-state index in [1.165, 1.54) is 18.4 Å². The molecule has 1 saturated carbocycles. The summed E-state index contributed by atoms with van der Waals surface area (Å²) in [6.07, 6.45) is 2.91. The molecule has 2 heteroatoms. The van der Waals surface area contributed by atoms with E-state index in [9.17, 15) is 5.11 Å². The lowest BCUT2D eigenvalue weighted by molar-refractivity contribution is 0.153. The number of rotatable bonds is 5. The average molecular weight is 267 g/mol. The van der Waals surface area contributed by atoms with E-state index in [2.05, 4.69) is 12.1 Å². The molecule has 1 fully saturated rings. The lowest BCUT2D eigenvalue weighted by Crippen LogP contribution is -2.08. The largest absolute Gasteiger partial charge is 0.399 e. The van der Waals surface area contributed by atoms with Crippen LogP contribution in [0.15, 0.2) is 54.6 Å². The molecule has 0 aromatic heterocycles. The fourth-order valence-corrected chi connectivity index (χ4v) is 2.94. The second-order valence-corrected chi connectivity index (χ2v) is 5.78. The fraction of sp³-hybridized carbons (Fsp3) is 0.333. The molecular formula is C18H21NO. The first-order valence-corrected chi connectivity index (χ1v) is 7.32. The highest BCUT2D eigenvalue weighted by Gasteiger charge is 2.33. The maximum atomic E-state index is 10.5. The fourth-order valence-electron chi connectivity index (χ4n) is 2.94. The molecule has 2 atom stereocenters. The quantitative estimate of drug-likeness (QED) is 0.807. The van der Waals surface area contributed by atoms with Gasteiger partial charge in [0.15, 0.2) is 0 Å². The third kappa shape index (κ3) is 3.02. The highest BCUT2D eigenvalue weighted by Crippen LogP contribution is 2.46. The molecule has 2 nitrogen and oxygen atoms in total. The number of aliphatic hydroxyl groups is 1. The Labute approximate surface area is 120 Å². The average Bonchev–Trinajstić information content (AvgIpc) is 3.30. The molecule has 104 valence electrons. The van der Waals surface area contributed by atoms with Crippen LogP contribution >= 0.6 is 0 Å². The monoisotopic (exact) mass is 267 g/mol. The van der Waals surface area contributed by atoms with Gasteiger partial charge in [-0.25, -0.2) is 0 Å². The molecule has 0 radical (unpaired) electrons. The predicted octanol–water partition coefficient (Wildman–Crippen LogP) is 3.89. The van der Waals surface area contributed by atoms with Crippen molar-refractivity contribution in [1.29, 1.82) is 0 Å². The van der Waals surface area contributed by atoms with Crippen LogP contribution in [0.3, 0.4) is 0 Å². The molecule has 1 aliphatic rings. The normalized spacial score (nSPS) is 17.6. The molecule has 20 heavy (non-hydrogen) atoms. The SMILES string of the molecule is Nc1cccc(C(CC(O)c2ccccc2)C2CC2)c1. The minimum atomic E-state index is -0.400. The van der Waals surface area contributed by atoms with Gasteiger partial charge in [0, 0.05) is 5.69 Å². The second kappa shape index (κ2) is 5.68. The van der Waals surface area contributed by atoms with Gasteiger partial charge in [-0.2, -0.15) is 0 Å². The summed E-state index contributed by atoms with van der Waals surface area (Å²) in [5, 5.41) is 10.5. The third-order valence-electron chi connectivity index (χ3n) is 4.19. The molecule has 3 rings (SSSR count). The molecule has 0 aliphatic heterocycles. The summed E-state index contributed by atoms with van der Waals surface area (Å²) in [6.45, 7) is 0. The van der Waals surface area contributed by atoms with Gasteiger partial charge in [0.1, 0.15) is 0 Å². The Balaban J connectivity index is 1.78. The Morgan fingerprint density at radius 3 is 2.35 bits per heavy atom. The summed E-state index contributed by atoms with van der Waals surface area (Å²) in [6, 6.07) is 18.0. The lowest BCUT2D eigenvalue weighted by Gasteiger charge is -2.21. The topological polar surface area (TPSA) is 46.2 Å². The molecule has 2 aromatic rings. The van der Waals surface area contributed by atoms with Crippen molar-refractivity contribution in [2.45, 2.75) is 31.3 Å². The van der Waals surface area contributed by atoms with Crippen LogP contribution in [-0.2, 0) is 0 Å². The van der Waals surface area contributed by atoms with Crippen LogP contribution in [0.4, 0.5) is 5.69 Å². The van der Waals surface area contributed by atoms with Gasteiger partial charge in [-0.05, 0) is 54.4 Å². The first-order valence-electron chi connectivity index (χ1n) is 7.32. The smallest absolute Gasteiger partial charge is 0.0796 e. The molecule has 0 heterocycles. The minimum Gasteiger partial charge on any atom is -0.399 e. The molecular weight excluding hydrogens is 246 g/mol. The van der Waals surface area contributed by atoms with E-state index in [4.69, 9.17) is 5.73 Å². The van der Waals surface area contributed by atoms with Gasteiger partial charge in [0.25, 0.3) is 0 Å². The van der Waals surface area contributed by atoms with E-state index in [1.54, 1.807) is 0 Å². The van der Waals surface area contributed by atoms with Crippen molar-refractivity contribution < 1.29 is 5.11 Å². The van der Waals surface area contributed by atoms with E-state index in [1.807, 2.05) is 42.5 Å². The molecule has 0 saturated heterocycles. The zero-order valence-corrected chi connectivity index (χ0v) is 11.6. The highest BCUT2D eigenvalue weighted by atomic mass is 16.3. The van der Waals surface area contributed by atoms with Crippen molar-refractivity contribution in [1.82, 2.24) is 0 Å². The van der Waals surface area contributed by atoms with Crippen molar-refractivity contribution in [3.63, 3.8) is 0 Å². The molecule has 1 aliphatic carbocycles. The Morgan fingerprint density at radius 2 is 1.70 bits per heavy atom. The zero-order chi connectivity index (χ0) is 13.9. The first kappa shape index (κ1) is 13.2. The maximum Gasteiger partial charge on any atom is 0.0796 e. The van der Waals surface area contributed by atoms with Gasteiger partial charge >= 0.3 is 0 Å². The molecule has 0 bridgehead atoms. The van der Waals surface area contributed by atoms with E-state index in [-0.39, 0.29) is 0 Å². The van der Waals surface area contributed by atoms with E-state index in [0.717, 1.165) is 17.7 Å². The highest BCUT2D eigenvalue weighted by molar-refractivity contribution is 5.42.